The van der Waals surface area contributed by atoms with Crippen LogP contribution >= 0.6 is 0 Å². The molecule has 98 valence electrons. The zero-order chi connectivity index (χ0) is 13.5. The fraction of sp³-hybridized carbons (Fsp3) is 0.385. The van der Waals surface area contributed by atoms with Gasteiger partial charge in [0.25, 0.3) is 0 Å². The molecule has 0 saturated carbocycles. The number of rotatable bonds is 6. The molecule has 1 rings (SSSR count). The van der Waals surface area contributed by atoms with Gasteiger partial charge >= 0.3 is 5.97 Å². The van der Waals surface area contributed by atoms with Crippen molar-refractivity contribution in [2.45, 2.75) is 20.3 Å². The van der Waals surface area contributed by atoms with Gasteiger partial charge in [-0.1, -0.05) is 6.92 Å². The Morgan fingerprint density at radius 2 is 2.22 bits per heavy atom. The average molecular weight is 251 g/mol. The molecule has 5 heteroatoms. The topological polar surface area (TPSA) is 79.5 Å². The van der Waals surface area contributed by atoms with E-state index >= 15 is 0 Å². The predicted octanol–water partition coefficient (Wildman–Crippen LogP) is 1.83. The Morgan fingerprint density at radius 1 is 1.50 bits per heavy atom. The van der Waals surface area contributed by atoms with Crippen LogP contribution in [0.3, 0.4) is 0 Å². The lowest BCUT2D eigenvalue weighted by molar-refractivity contribution is -0.141. The Kier molecular flexibility index (Phi) is 5.17. The molecule has 1 aromatic rings. The first kappa shape index (κ1) is 14.0. The van der Waals surface area contributed by atoms with Gasteiger partial charge in [0.05, 0.1) is 5.92 Å². The van der Waals surface area contributed by atoms with Crippen LogP contribution in [0.5, 0.6) is 0 Å². The predicted molar refractivity (Wildman–Crippen MR) is 66.9 cm³/mol. The van der Waals surface area contributed by atoms with Crippen LogP contribution in [0.4, 0.5) is 0 Å². The molecule has 1 amide bonds. The smallest absolute Gasteiger partial charge is 0.308 e. The van der Waals surface area contributed by atoms with Gasteiger partial charge in [0, 0.05) is 12.6 Å². The van der Waals surface area contributed by atoms with Gasteiger partial charge in [0.2, 0.25) is 5.91 Å². The number of hydrogen-bond acceptors (Lipinski definition) is 3. The first-order chi connectivity index (χ1) is 8.52. The molecule has 0 aliphatic carbocycles. The summed E-state index contributed by atoms with van der Waals surface area (Å²) < 4.78 is 5.26. The highest BCUT2D eigenvalue weighted by Crippen LogP contribution is 2.07. The van der Waals surface area contributed by atoms with Crippen molar-refractivity contribution in [3.05, 3.63) is 29.7 Å². The number of carboxylic acid groups (broad SMARTS) is 1. The van der Waals surface area contributed by atoms with Crippen molar-refractivity contribution in [3.8, 4) is 0 Å². The van der Waals surface area contributed by atoms with E-state index < -0.39 is 11.9 Å². The van der Waals surface area contributed by atoms with Crippen molar-refractivity contribution < 1.29 is 19.1 Å². The Balaban J connectivity index is 2.42. The number of carbonyl (C=O) groups excluding carboxylic acids is 1. The van der Waals surface area contributed by atoms with E-state index in [1.54, 1.807) is 25.1 Å². The third kappa shape index (κ3) is 4.45. The summed E-state index contributed by atoms with van der Waals surface area (Å²) in [5.41, 5.74) is 0. The monoisotopic (exact) mass is 251 g/mol. The fourth-order valence-corrected chi connectivity index (χ4v) is 1.39. The lowest BCUT2D eigenvalue weighted by Gasteiger charge is -2.09. The maximum atomic E-state index is 11.4. The maximum absolute atomic E-state index is 11.4. The van der Waals surface area contributed by atoms with Crippen LogP contribution < -0.4 is 5.32 Å². The van der Waals surface area contributed by atoms with Crippen LogP contribution in [0.15, 0.2) is 22.6 Å². The molecule has 5 nitrogen and oxygen atoms in total. The van der Waals surface area contributed by atoms with Gasteiger partial charge in [-0.2, -0.15) is 0 Å². The third-order valence-electron chi connectivity index (χ3n) is 2.52. The molecular weight excluding hydrogens is 234 g/mol. The zero-order valence-electron chi connectivity index (χ0n) is 10.5. The Hall–Kier alpha value is -2.04. The van der Waals surface area contributed by atoms with Crippen molar-refractivity contribution in [2.75, 3.05) is 6.54 Å². The molecule has 18 heavy (non-hydrogen) atoms. The Labute approximate surface area is 105 Å². The summed E-state index contributed by atoms with van der Waals surface area (Å²) in [5, 5.41) is 11.4. The van der Waals surface area contributed by atoms with Gasteiger partial charge in [-0.25, -0.2) is 0 Å². The molecule has 1 unspecified atom stereocenters. The second-order valence-electron chi connectivity index (χ2n) is 3.97. The molecule has 2 N–H and O–H groups in total. The summed E-state index contributed by atoms with van der Waals surface area (Å²) in [7, 11) is 0. The molecule has 0 fully saturated rings. The van der Waals surface area contributed by atoms with Crippen LogP contribution in [-0.2, 0) is 9.59 Å². The molecule has 0 aromatic carbocycles. The summed E-state index contributed by atoms with van der Waals surface area (Å²) in [6, 6.07) is 3.56. The summed E-state index contributed by atoms with van der Waals surface area (Å²) in [4.78, 5) is 22.2. The minimum Gasteiger partial charge on any atom is -0.481 e. The van der Waals surface area contributed by atoms with Crippen LogP contribution in [0.2, 0.25) is 0 Å². The molecular formula is C13H17NO4. The van der Waals surface area contributed by atoms with Crippen molar-refractivity contribution in [2.24, 2.45) is 5.92 Å². The van der Waals surface area contributed by atoms with Gasteiger partial charge in [-0.15, -0.1) is 0 Å². The quantitative estimate of drug-likeness (QED) is 0.756. The average Bonchev–Trinajstić information content (AvgIpc) is 2.73. The van der Waals surface area contributed by atoms with Crippen molar-refractivity contribution >= 4 is 18.0 Å². The van der Waals surface area contributed by atoms with Crippen molar-refractivity contribution in [1.29, 1.82) is 0 Å². The Bertz CT molecular complexity index is 448. The van der Waals surface area contributed by atoms with Gasteiger partial charge in [0.1, 0.15) is 11.5 Å². The van der Waals surface area contributed by atoms with E-state index in [1.807, 2.05) is 6.92 Å². The van der Waals surface area contributed by atoms with Crippen LogP contribution in [0, 0.1) is 12.8 Å². The number of nitrogens with one attached hydrogen (secondary N) is 1. The maximum Gasteiger partial charge on any atom is 0.308 e. The highest BCUT2D eigenvalue weighted by molar-refractivity contribution is 5.91. The normalized spacial score (nSPS) is 12.6. The third-order valence-corrected chi connectivity index (χ3v) is 2.52. The molecule has 1 heterocycles. The number of carbonyl (C=O) groups is 2. The first-order valence-corrected chi connectivity index (χ1v) is 5.78. The molecule has 0 bridgehead atoms. The largest absolute Gasteiger partial charge is 0.481 e. The number of aliphatic carboxylic acids is 1. The summed E-state index contributed by atoms with van der Waals surface area (Å²) >= 11 is 0. The van der Waals surface area contributed by atoms with E-state index in [1.165, 1.54) is 6.08 Å². The van der Waals surface area contributed by atoms with Crippen LogP contribution in [0.1, 0.15) is 24.9 Å². The molecule has 0 aliphatic heterocycles. The van der Waals surface area contributed by atoms with E-state index in [4.69, 9.17) is 9.52 Å². The van der Waals surface area contributed by atoms with Crippen LogP contribution in [0.25, 0.3) is 6.08 Å². The lowest BCUT2D eigenvalue weighted by atomic mass is 10.1. The van der Waals surface area contributed by atoms with E-state index in [0.717, 1.165) is 5.76 Å². The van der Waals surface area contributed by atoms with Gasteiger partial charge < -0.3 is 14.8 Å². The number of furan rings is 1. The second kappa shape index (κ2) is 6.64. The molecule has 1 atom stereocenters. The van der Waals surface area contributed by atoms with E-state index in [2.05, 4.69) is 5.32 Å². The Morgan fingerprint density at radius 3 is 2.72 bits per heavy atom. The summed E-state index contributed by atoms with van der Waals surface area (Å²) in [5.74, 6) is -0.416. The first-order valence-electron chi connectivity index (χ1n) is 5.78. The number of amides is 1. The molecule has 0 saturated heterocycles. The fourth-order valence-electron chi connectivity index (χ4n) is 1.39. The highest BCUT2D eigenvalue weighted by Gasteiger charge is 2.14. The van der Waals surface area contributed by atoms with E-state index in [9.17, 15) is 9.59 Å². The van der Waals surface area contributed by atoms with Crippen molar-refractivity contribution in [1.82, 2.24) is 5.32 Å². The van der Waals surface area contributed by atoms with Gasteiger partial charge in [-0.05, 0) is 31.6 Å². The molecule has 0 aliphatic rings. The summed E-state index contributed by atoms with van der Waals surface area (Å²) in [6.45, 7) is 3.72. The highest BCUT2D eigenvalue weighted by atomic mass is 16.4. The lowest BCUT2D eigenvalue weighted by Crippen LogP contribution is -2.31. The van der Waals surface area contributed by atoms with Gasteiger partial charge in [0.15, 0.2) is 0 Å². The number of carboxylic acids is 1. The van der Waals surface area contributed by atoms with Crippen molar-refractivity contribution in [3.63, 3.8) is 0 Å². The van der Waals surface area contributed by atoms with Crippen LogP contribution in [-0.4, -0.2) is 23.5 Å². The summed E-state index contributed by atoms with van der Waals surface area (Å²) in [6.07, 6.45) is 3.35. The molecule has 0 spiro atoms. The zero-order valence-corrected chi connectivity index (χ0v) is 10.5. The minimum atomic E-state index is -0.900. The number of aryl methyl sites for hydroxylation is 1. The standard InChI is InChI=1S/C13H17NO4/c1-3-10(13(16)17)8-14-12(15)7-6-11-5-4-9(2)18-11/h4-7,10H,3,8H2,1-2H3,(H,14,15)(H,16,17). The van der Waals surface area contributed by atoms with E-state index in [-0.39, 0.29) is 12.5 Å². The SMILES string of the molecule is CCC(CNC(=O)C=Cc1ccc(C)o1)C(=O)O. The second-order valence-corrected chi connectivity index (χ2v) is 3.97. The van der Waals surface area contributed by atoms with Gasteiger partial charge in [-0.3, -0.25) is 9.59 Å². The minimum absolute atomic E-state index is 0.131. The molecule has 0 radical (unpaired) electrons. The molecule has 1 aromatic heterocycles. The number of hydrogen-bond donors (Lipinski definition) is 2. The van der Waals surface area contributed by atoms with E-state index in [0.29, 0.717) is 12.2 Å².